The normalized spacial score (nSPS) is 11.0. The fourth-order valence-corrected chi connectivity index (χ4v) is 1.86. The van der Waals surface area contributed by atoms with Crippen LogP contribution in [-0.4, -0.2) is 29.1 Å². The molecule has 1 aromatic carbocycles. The number of carboxylic acid groups (broad SMARTS) is 1. The first-order chi connectivity index (χ1) is 10.3. The van der Waals surface area contributed by atoms with Crippen molar-refractivity contribution in [3.63, 3.8) is 0 Å². The van der Waals surface area contributed by atoms with E-state index in [1.807, 2.05) is 0 Å². The minimum Gasteiger partial charge on any atom is -0.478 e. The van der Waals surface area contributed by atoms with Gasteiger partial charge < -0.3 is 15.2 Å². The summed E-state index contributed by atoms with van der Waals surface area (Å²) in [7, 11) is 0. The molecule has 2 N–H and O–H groups in total. The Bertz CT molecular complexity index is 494. The van der Waals surface area contributed by atoms with Gasteiger partial charge in [0.05, 0.1) is 6.42 Å². The Kier molecular flexibility index (Phi) is 6.89. The van der Waals surface area contributed by atoms with Crippen LogP contribution in [0.5, 0.6) is 5.75 Å². The number of aliphatic carboxylic acids is 1. The number of benzene rings is 1. The average Bonchev–Trinajstić information content (AvgIpc) is 2.45. The van der Waals surface area contributed by atoms with E-state index in [4.69, 9.17) is 9.84 Å². The van der Waals surface area contributed by atoms with Crippen molar-refractivity contribution in [3.05, 3.63) is 29.8 Å². The Hall–Kier alpha value is -2.04. The first-order valence-electron chi connectivity index (χ1n) is 7.63. The molecule has 0 atom stereocenters. The van der Waals surface area contributed by atoms with Gasteiger partial charge in [0.15, 0.2) is 5.60 Å². The summed E-state index contributed by atoms with van der Waals surface area (Å²) in [4.78, 5) is 22.8. The topological polar surface area (TPSA) is 75.6 Å². The molecule has 0 spiro atoms. The number of carbonyl (C=O) groups is 2. The van der Waals surface area contributed by atoms with Crippen molar-refractivity contribution in [2.45, 2.75) is 52.1 Å². The summed E-state index contributed by atoms with van der Waals surface area (Å²) in [5.74, 6) is -0.557. The van der Waals surface area contributed by atoms with Gasteiger partial charge in [0.1, 0.15) is 5.75 Å². The van der Waals surface area contributed by atoms with Crippen molar-refractivity contribution in [3.8, 4) is 5.75 Å². The van der Waals surface area contributed by atoms with Crippen LogP contribution < -0.4 is 10.1 Å². The van der Waals surface area contributed by atoms with Gasteiger partial charge in [-0.05, 0) is 38.0 Å². The zero-order chi connectivity index (χ0) is 16.6. The van der Waals surface area contributed by atoms with Crippen LogP contribution in [-0.2, 0) is 16.0 Å². The van der Waals surface area contributed by atoms with E-state index in [1.165, 1.54) is 13.8 Å². The molecule has 0 heterocycles. The summed E-state index contributed by atoms with van der Waals surface area (Å²) < 4.78 is 5.41. The Morgan fingerprint density at radius 1 is 1.18 bits per heavy atom. The van der Waals surface area contributed by atoms with Crippen LogP contribution in [0.2, 0.25) is 0 Å². The van der Waals surface area contributed by atoms with E-state index in [1.54, 1.807) is 24.3 Å². The van der Waals surface area contributed by atoms with Gasteiger partial charge in [-0.2, -0.15) is 0 Å². The third kappa shape index (κ3) is 6.16. The van der Waals surface area contributed by atoms with Crippen molar-refractivity contribution in [2.75, 3.05) is 6.54 Å². The van der Waals surface area contributed by atoms with Crippen LogP contribution in [0.1, 0.15) is 45.6 Å². The first-order valence-corrected chi connectivity index (χ1v) is 7.63. The molecule has 122 valence electrons. The van der Waals surface area contributed by atoms with E-state index < -0.39 is 11.6 Å². The van der Waals surface area contributed by atoms with Gasteiger partial charge in [-0.1, -0.05) is 31.9 Å². The van der Waals surface area contributed by atoms with Gasteiger partial charge >= 0.3 is 5.97 Å². The molecule has 1 rings (SSSR count). The van der Waals surface area contributed by atoms with Crippen LogP contribution >= 0.6 is 0 Å². The molecule has 0 bridgehead atoms. The summed E-state index contributed by atoms with van der Waals surface area (Å²) in [5, 5.41) is 11.9. The highest BCUT2D eigenvalue weighted by atomic mass is 16.5. The van der Waals surface area contributed by atoms with Crippen LogP contribution in [0.3, 0.4) is 0 Å². The second-order valence-corrected chi connectivity index (χ2v) is 5.80. The summed E-state index contributed by atoms with van der Waals surface area (Å²) in [5.41, 5.74) is -0.411. The molecule has 1 aromatic rings. The minimum atomic E-state index is -1.28. The molecule has 5 nitrogen and oxygen atoms in total. The van der Waals surface area contributed by atoms with Gasteiger partial charge in [-0.3, -0.25) is 4.79 Å². The lowest BCUT2D eigenvalue weighted by molar-refractivity contribution is -0.152. The molecule has 0 fully saturated rings. The monoisotopic (exact) mass is 307 g/mol. The third-order valence-electron chi connectivity index (χ3n) is 3.28. The van der Waals surface area contributed by atoms with Crippen LogP contribution in [0.4, 0.5) is 0 Å². The molecule has 0 unspecified atom stereocenters. The van der Waals surface area contributed by atoms with E-state index in [9.17, 15) is 9.59 Å². The van der Waals surface area contributed by atoms with E-state index >= 15 is 0 Å². The van der Waals surface area contributed by atoms with Gasteiger partial charge in [0, 0.05) is 6.54 Å². The van der Waals surface area contributed by atoms with Crippen molar-refractivity contribution in [1.82, 2.24) is 5.32 Å². The van der Waals surface area contributed by atoms with Gasteiger partial charge in [-0.15, -0.1) is 0 Å². The van der Waals surface area contributed by atoms with E-state index in [2.05, 4.69) is 12.2 Å². The second kappa shape index (κ2) is 8.41. The Morgan fingerprint density at radius 3 is 2.36 bits per heavy atom. The molecule has 0 saturated carbocycles. The average molecular weight is 307 g/mol. The summed E-state index contributed by atoms with van der Waals surface area (Å²) in [6.07, 6.45) is 3.56. The molecule has 0 radical (unpaired) electrons. The van der Waals surface area contributed by atoms with E-state index in [0.29, 0.717) is 18.7 Å². The molecular formula is C17H25NO4. The maximum atomic E-state index is 11.8. The fourth-order valence-electron chi connectivity index (χ4n) is 1.86. The summed E-state index contributed by atoms with van der Waals surface area (Å²) >= 11 is 0. The van der Waals surface area contributed by atoms with E-state index in [0.717, 1.165) is 24.8 Å². The van der Waals surface area contributed by atoms with Crippen molar-refractivity contribution in [1.29, 1.82) is 0 Å². The number of hydrogen-bond donors (Lipinski definition) is 2. The smallest absolute Gasteiger partial charge is 0.347 e. The maximum absolute atomic E-state index is 11.8. The molecular weight excluding hydrogens is 282 g/mol. The zero-order valence-corrected chi connectivity index (χ0v) is 13.5. The number of nitrogens with one attached hydrogen (secondary N) is 1. The Labute approximate surface area is 131 Å². The van der Waals surface area contributed by atoms with Gasteiger partial charge in [-0.25, -0.2) is 4.79 Å². The molecule has 1 amide bonds. The number of hydrogen-bond acceptors (Lipinski definition) is 3. The largest absolute Gasteiger partial charge is 0.478 e. The second-order valence-electron chi connectivity index (χ2n) is 5.80. The van der Waals surface area contributed by atoms with E-state index in [-0.39, 0.29) is 5.91 Å². The zero-order valence-electron chi connectivity index (χ0n) is 13.5. The maximum Gasteiger partial charge on any atom is 0.347 e. The molecule has 0 aliphatic heterocycles. The highest BCUT2D eigenvalue weighted by Gasteiger charge is 2.29. The molecule has 5 heteroatoms. The fraction of sp³-hybridized carbons (Fsp3) is 0.529. The van der Waals surface area contributed by atoms with Crippen LogP contribution in [0.25, 0.3) is 0 Å². The standard InChI is InChI=1S/C17H25NO4/c1-4-5-6-11-18-15(19)12-13-7-9-14(10-8-13)22-17(2,3)16(20)21/h7-10H,4-6,11-12H2,1-3H3,(H,18,19)(H,20,21). The lowest BCUT2D eigenvalue weighted by atomic mass is 10.1. The SMILES string of the molecule is CCCCCNC(=O)Cc1ccc(OC(C)(C)C(=O)O)cc1. The highest BCUT2D eigenvalue weighted by Crippen LogP contribution is 2.19. The lowest BCUT2D eigenvalue weighted by Gasteiger charge is -2.21. The van der Waals surface area contributed by atoms with Crippen LogP contribution in [0, 0.1) is 0 Å². The third-order valence-corrected chi connectivity index (χ3v) is 3.28. The Balaban J connectivity index is 2.48. The summed E-state index contributed by atoms with van der Waals surface area (Å²) in [6, 6.07) is 6.92. The van der Waals surface area contributed by atoms with Crippen LogP contribution in [0.15, 0.2) is 24.3 Å². The van der Waals surface area contributed by atoms with Gasteiger partial charge in [0.25, 0.3) is 0 Å². The molecule has 0 saturated heterocycles. The number of carboxylic acids is 1. The number of carbonyl (C=O) groups excluding carboxylic acids is 1. The minimum absolute atomic E-state index is 0.00404. The first kappa shape index (κ1) is 18.0. The predicted octanol–water partition coefficient (Wildman–Crippen LogP) is 2.78. The van der Waals surface area contributed by atoms with Crippen molar-refractivity contribution in [2.24, 2.45) is 0 Å². The van der Waals surface area contributed by atoms with Gasteiger partial charge in [0.2, 0.25) is 5.91 Å². The molecule has 0 aromatic heterocycles. The number of ether oxygens (including phenoxy) is 1. The number of amides is 1. The predicted molar refractivity (Wildman–Crippen MR) is 85.0 cm³/mol. The van der Waals surface area contributed by atoms with Crippen molar-refractivity contribution < 1.29 is 19.4 Å². The quantitative estimate of drug-likeness (QED) is 0.688. The molecule has 22 heavy (non-hydrogen) atoms. The number of unbranched alkanes of at least 4 members (excludes halogenated alkanes) is 2. The lowest BCUT2D eigenvalue weighted by Crippen LogP contribution is -2.37. The molecule has 0 aliphatic rings. The molecule has 0 aliphatic carbocycles. The number of rotatable bonds is 9. The summed E-state index contributed by atoms with van der Waals surface area (Å²) in [6.45, 7) is 5.82. The van der Waals surface area contributed by atoms with Crippen molar-refractivity contribution >= 4 is 11.9 Å². The Morgan fingerprint density at radius 2 is 1.82 bits per heavy atom. The highest BCUT2D eigenvalue weighted by molar-refractivity contribution is 5.78.